The van der Waals surface area contributed by atoms with Gasteiger partial charge in [-0.25, -0.2) is 9.37 Å². The highest BCUT2D eigenvalue weighted by molar-refractivity contribution is 5.73. The molecular formula is C18H22FN3O2. The maximum Gasteiger partial charge on any atom is 0.220 e. The summed E-state index contributed by atoms with van der Waals surface area (Å²) in [5.74, 6) is 1.11. The number of hydrogen-bond donors (Lipinski definition) is 0. The molecule has 0 unspecified atom stereocenters. The molecule has 5 nitrogen and oxygen atoms in total. The van der Waals surface area contributed by atoms with Gasteiger partial charge in [0.1, 0.15) is 11.6 Å². The van der Waals surface area contributed by atoms with Gasteiger partial charge in [0.25, 0.3) is 0 Å². The zero-order chi connectivity index (χ0) is 17.1. The summed E-state index contributed by atoms with van der Waals surface area (Å²) in [6, 6.07) is 6.93. The second kappa shape index (κ2) is 7.13. The fraction of sp³-hybridized carbons (Fsp3) is 0.444. The second-order valence-electron chi connectivity index (χ2n) is 6.28. The van der Waals surface area contributed by atoms with Crippen LogP contribution in [0.4, 0.5) is 4.39 Å². The molecule has 1 aliphatic rings. The van der Waals surface area contributed by atoms with Crippen molar-refractivity contribution in [2.24, 2.45) is 0 Å². The van der Waals surface area contributed by atoms with Gasteiger partial charge < -0.3 is 9.32 Å². The van der Waals surface area contributed by atoms with E-state index in [9.17, 15) is 9.18 Å². The van der Waals surface area contributed by atoms with Crippen molar-refractivity contribution in [3.8, 4) is 0 Å². The van der Waals surface area contributed by atoms with E-state index >= 15 is 0 Å². The molecular weight excluding hydrogens is 309 g/mol. The number of rotatable bonds is 5. The minimum atomic E-state index is -0.181. The molecule has 1 amide bonds. The fourth-order valence-corrected chi connectivity index (χ4v) is 3.20. The standard InChI is InChI=1S/C18H22FN3O2/c1-13-9-20-18(24-13)12-22(14(2)23)16-7-8-21(11-16)10-15-5-3-4-6-17(15)19/h3-6,9,16H,7-8,10-12H2,1-2H3/t16-/m0/s1. The van der Waals surface area contributed by atoms with Gasteiger partial charge in [-0.2, -0.15) is 0 Å². The maximum atomic E-state index is 13.8. The van der Waals surface area contributed by atoms with E-state index in [4.69, 9.17) is 4.42 Å². The van der Waals surface area contributed by atoms with Crippen molar-refractivity contribution in [1.82, 2.24) is 14.8 Å². The minimum absolute atomic E-state index is 0.00333. The van der Waals surface area contributed by atoms with E-state index < -0.39 is 0 Å². The first-order valence-electron chi connectivity index (χ1n) is 8.17. The molecule has 2 aromatic rings. The van der Waals surface area contributed by atoms with Gasteiger partial charge >= 0.3 is 0 Å². The Morgan fingerprint density at radius 3 is 2.92 bits per heavy atom. The topological polar surface area (TPSA) is 49.6 Å². The van der Waals surface area contributed by atoms with Gasteiger partial charge in [-0.05, 0) is 19.4 Å². The molecule has 0 radical (unpaired) electrons. The lowest BCUT2D eigenvalue weighted by Gasteiger charge is -2.27. The van der Waals surface area contributed by atoms with E-state index in [1.807, 2.05) is 13.0 Å². The third-order valence-corrected chi connectivity index (χ3v) is 4.42. The van der Waals surface area contributed by atoms with E-state index in [1.54, 1.807) is 30.2 Å². The lowest BCUT2D eigenvalue weighted by Crippen LogP contribution is -2.40. The molecule has 24 heavy (non-hydrogen) atoms. The molecule has 1 atom stereocenters. The summed E-state index contributed by atoms with van der Waals surface area (Å²) >= 11 is 0. The van der Waals surface area contributed by atoms with Gasteiger partial charge in [0.15, 0.2) is 0 Å². The smallest absolute Gasteiger partial charge is 0.220 e. The molecule has 3 rings (SSSR count). The van der Waals surface area contributed by atoms with Crippen LogP contribution in [0.2, 0.25) is 0 Å². The van der Waals surface area contributed by atoms with E-state index in [0.717, 1.165) is 25.3 Å². The van der Waals surface area contributed by atoms with E-state index in [1.165, 1.54) is 6.07 Å². The highest BCUT2D eigenvalue weighted by Crippen LogP contribution is 2.21. The molecule has 0 bridgehead atoms. The number of aromatic nitrogens is 1. The summed E-state index contributed by atoms with van der Waals surface area (Å²) in [5, 5.41) is 0. The molecule has 0 N–H and O–H groups in total. The average molecular weight is 331 g/mol. The van der Waals surface area contributed by atoms with Crippen LogP contribution < -0.4 is 0 Å². The number of carbonyl (C=O) groups is 1. The molecule has 0 saturated carbocycles. The Hall–Kier alpha value is -2.21. The molecule has 1 aromatic heterocycles. The van der Waals surface area contributed by atoms with Crippen LogP contribution in [0.5, 0.6) is 0 Å². The number of benzene rings is 1. The molecule has 0 aliphatic carbocycles. The minimum Gasteiger partial charge on any atom is -0.444 e. The number of carbonyl (C=O) groups excluding carboxylic acids is 1. The van der Waals surface area contributed by atoms with Crippen LogP contribution in [0.25, 0.3) is 0 Å². The lowest BCUT2D eigenvalue weighted by molar-refractivity contribution is -0.132. The van der Waals surface area contributed by atoms with Gasteiger partial charge in [0, 0.05) is 38.2 Å². The maximum absolute atomic E-state index is 13.8. The largest absolute Gasteiger partial charge is 0.444 e. The molecule has 128 valence electrons. The summed E-state index contributed by atoms with van der Waals surface area (Å²) in [6.45, 7) is 5.91. The van der Waals surface area contributed by atoms with Gasteiger partial charge in [0.2, 0.25) is 11.8 Å². The predicted octanol–water partition coefficient (Wildman–Crippen LogP) is 2.75. The Balaban J connectivity index is 1.64. The van der Waals surface area contributed by atoms with Crippen molar-refractivity contribution in [3.63, 3.8) is 0 Å². The Morgan fingerprint density at radius 1 is 1.46 bits per heavy atom. The molecule has 0 spiro atoms. The van der Waals surface area contributed by atoms with Gasteiger partial charge in [0.05, 0.1) is 12.7 Å². The van der Waals surface area contributed by atoms with E-state index in [-0.39, 0.29) is 17.8 Å². The highest BCUT2D eigenvalue weighted by Gasteiger charge is 2.30. The lowest BCUT2D eigenvalue weighted by atomic mass is 10.2. The fourth-order valence-electron chi connectivity index (χ4n) is 3.20. The number of aryl methyl sites for hydroxylation is 1. The van der Waals surface area contributed by atoms with Crippen molar-refractivity contribution in [1.29, 1.82) is 0 Å². The number of halogens is 1. The van der Waals surface area contributed by atoms with Crippen LogP contribution in [-0.2, 0) is 17.9 Å². The van der Waals surface area contributed by atoms with E-state index in [0.29, 0.717) is 24.5 Å². The summed E-state index contributed by atoms with van der Waals surface area (Å²) in [5.41, 5.74) is 0.691. The number of nitrogens with zero attached hydrogens (tertiary/aromatic N) is 3. The summed E-state index contributed by atoms with van der Waals surface area (Å²) in [7, 11) is 0. The van der Waals surface area contributed by atoms with E-state index in [2.05, 4.69) is 9.88 Å². The monoisotopic (exact) mass is 331 g/mol. The summed E-state index contributed by atoms with van der Waals surface area (Å²) in [6.07, 6.45) is 2.53. The van der Waals surface area contributed by atoms with Crippen molar-refractivity contribution < 1.29 is 13.6 Å². The van der Waals surface area contributed by atoms with Crippen LogP contribution in [-0.4, -0.2) is 39.8 Å². The Labute approximate surface area is 141 Å². The molecule has 1 aromatic carbocycles. The van der Waals surface area contributed by atoms with Crippen LogP contribution in [0.1, 0.15) is 30.6 Å². The number of hydrogen-bond acceptors (Lipinski definition) is 4. The first kappa shape index (κ1) is 16.6. The van der Waals surface area contributed by atoms with Crippen LogP contribution in [0.15, 0.2) is 34.9 Å². The normalized spacial score (nSPS) is 18.0. The predicted molar refractivity (Wildman–Crippen MR) is 87.5 cm³/mol. The molecule has 1 fully saturated rings. The molecule has 2 heterocycles. The number of amides is 1. The van der Waals surface area contributed by atoms with Crippen molar-refractivity contribution in [3.05, 3.63) is 53.5 Å². The molecule has 1 aliphatic heterocycles. The van der Waals surface area contributed by atoms with Crippen molar-refractivity contribution in [2.75, 3.05) is 13.1 Å². The molecule has 6 heteroatoms. The first-order chi connectivity index (χ1) is 11.5. The second-order valence-corrected chi connectivity index (χ2v) is 6.28. The zero-order valence-corrected chi connectivity index (χ0v) is 14.0. The third kappa shape index (κ3) is 3.82. The average Bonchev–Trinajstić information content (AvgIpc) is 3.16. The number of oxazole rings is 1. The van der Waals surface area contributed by atoms with Crippen LogP contribution in [0, 0.1) is 12.7 Å². The van der Waals surface area contributed by atoms with Gasteiger partial charge in [-0.3, -0.25) is 9.69 Å². The van der Waals surface area contributed by atoms with Gasteiger partial charge in [-0.1, -0.05) is 18.2 Å². The Bertz CT molecular complexity index is 716. The summed E-state index contributed by atoms with van der Waals surface area (Å²) < 4.78 is 19.3. The van der Waals surface area contributed by atoms with Crippen molar-refractivity contribution >= 4 is 5.91 Å². The van der Waals surface area contributed by atoms with Gasteiger partial charge in [-0.15, -0.1) is 0 Å². The highest BCUT2D eigenvalue weighted by atomic mass is 19.1. The molecule has 1 saturated heterocycles. The third-order valence-electron chi connectivity index (χ3n) is 4.42. The number of likely N-dealkylation sites (tertiary alicyclic amines) is 1. The SMILES string of the molecule is CC(=O)N(Cc1ncc(C)o1)[C@H]1CCN(Cc2ccccc2F)C1. The quantitative estimate of drug-likeness (QED) is 0.845. The Kier molecular flexibility index (Phi) is 4.94. The van der Waals surface area contributed by atoms with Crippen LogP contribution >= 0.6 is 0 Å². The summed E-state index contributed by atoms with van der Waals surface area (Å²) in [4.78, 5) is 20.2. The van der Waals surface area contributed by atoms with Crippen LogP contribution in [0.3, 0.4) is 0 Å². The first-order valence-corrected chi connectivity index (χ1v) is 8.17. The zero-order valence-electron chi connectivity index (χ0n) is 14.0. The van der Waals surface area contributed by atoms with Crippen molar-refractivity contribution in [2.45, 2.75) is 39.4 Å². The Morgan fingerprint density at radius 2 is 2.25 bits per heavy atom.